The first-order chi connectivity index (χ1) is 10.2. The topological polar surface area (TPSA) is 26.3 Å². The molecule has 0 fully saturated rings. The van der Waals surface area contributed by atoms with E-state index in [1.54, 1.807) is 7.11 Å². The minimum absolute atomic E-state index is 0.0642. The third-order valence-corrected chi connectivity index (χ3v) is 3.63. The highest BCUT2D eigenvalue weighted by Gasteiger charge is 2.24. The minimum Gasteiger partial charge on any atom is -0.497 e. The number of carbonyl (C=O) groups is 1. The number of hydrogen-bond donors (Lipinski definition) is 0. The molecule has 0 spiro atoms. The zero-order valence-electron chi connectivity index (χ0n) is 12.2. The molecule has 2 aromatic rings. The van der Waals surface area contributed by atoms with Crippen LogP contribution in [-0.4, -0.2) is 12.9 Å². The van der Waals surface area contributed by atoms with Crippen molar-refractivity contribution in [2.75, 3.05) is 7.11 Å². The maximum Gasteiger partial charge on any atom is 0.167 e. The lowest BCUT2D eigenvalue weighted by Gasteiger charge is -2.19. The van der Waals surface area contributed by atoms with Crippen LogP contribution < -0.4 is 4.74 Å². The van der Waals surface area contributed by atoms with E-state index in [4.69, 9.17) is 11.2 Å². The van der Waals surface area contributed by atoms with Gasteiger partial charge in [-0.3, -0.25) is 4.79 Å². The highest BCUT2D eigenvalue weighted by molar-refractivity contribution is 5.98. The summed E-state index contributed by atoms with van der Waals surface area (Å²) in [5.41, 5.74) is 1.65. The van der Waals surface area contributed by atoms with Crippen LogP contribution in [0.1, 0.15) is 28.8 Å². The quantitative estimate of drug-likeness (QED) is 0.612. The van der Waals surface area contributed by atoms with Gasteiger partial charge >= 0.3 is 0 Å². The fourth-order valence-electron chi connectivity index (χ4n) is 2.36. The summed E-state index contributed by atoms with van der Waals surface area (Å²) < 4.78 is 5.14. The van der Waals surface area contributed by atoms with Crippen molar-refractivity contribution in [2.45, 2.75) is 12.8 Å². The molecule has 2 nitrogen and oxygen atoms in total. The maximum absolute atomic E-state index is 12.5. The Morgan fingerprint density at radius 1 is 1.10 bits per heavy atom. The second-order valence-electron chi connectivity index (χ2n) is 4.94. The molecule has 0 amide bonds. The molecule has 0 aliphatic carbocycles. The minimum atomic E-state index is -0.272. The average molecular weight is 278 g/mol. The molecule has 0 aliphatic rings. The predicted octanol–water partition coefficient (Wildman–Crippen LogP) is 3.93. The molecule has 2 atom stereocenters. The Kier molecular flexibility index (Phi) is 4.79. The van der Waals surface area contributed by atoms with Gasteiger partial charge in [-0.25, -0.2) is 0 Å². The molecular formula is C19H18O2. The van der Waals surface area contributed by atoms with Gasteiger partial charge in [0.05, 0.1) is 13.0 Å². The standard InChI is InChI=1S/C19H18O2/c1-4-18(15-10-12-17(21-3)13-11-15)14(2)19(20)16-8-6-5-7-9-16/h1,5-14,18H,2-3H3/t14-,18-/m0/s1. The van der Waals surface area contributed by atoms with Crippen molar-refractivity contribution in [1.29, 1.82) is 0 Å². The second kappa shape index (κ2) is 6.76. The zero-order valence-corrected chi connectivity index (χ0v) is 12.2. The molecule has 0 radical (unpaired) electrons. The van der Waals surface area contributed by atoms with Gasteiger partial charge in [0.1, 0.15) is 5.75 Å². The molecule has 0 unspecified atom stereocenters. The Morgan fingerprint density at radius 2 is 1.71 bits per heavy atom. The Morgan fingerprint density at radius 3 is 2.24 bits per heavy atom. The summed E-state index contributed by atoms with van der Waals surface area (Å²) in [4.78, 5) is 12.5. The molecule has 0 heterocycles. The van der Waals surface area contributed by atoms with Crippen LogP contribution in [0.5, 0.6) is 5.75 Å². The summed E-state index contributed by atoms with van der Waals surface area (Å²) in [5, 5.41) is 0. The van der Waals surface area contributed by atoms with Crippen molar-refractivity contribution in [3.05, 3.63) is 65.7 Å². The van der Waals surface area contributed by atoms with Gasteiger partial charge in [-0.15, -0.1) is 6.42 Å². The van der Waals surface area contributed by atoms with Gasteiger partial charge < -0.3 is 4.74 Å². The van der Waals surface area contributed by atoms with Gasteiger partial charge in [-0.2, -0.15) is 0 Å². The number of ether oxygens (including phenoxy) is 1. The van der Waals surface area contributed by atoms with Crippen molar-refractivity contribution in [3.63, 3.8) is 0 Å². The lowest BCUT2D eigenvalue weighted by molar-refractivity contribution is 0.0922. The van der Waals surface area contributed by atoms with Gasteiger partial charge in [-0.1, -0.05) is 55.3 Å². The van der Waals surface area contributed by atoms with Gasteiger partial charge in [-0.05, 0) is 17.7 Å². The average Bonchev–Trinajstić information content (AvgIpc) is 2.56. The third-order valence-electron chi connectivity index (χ3n) is 3.63. The van der Waals surface area contributed by atoms with Gasteiger partial charge in [0.25, 0.3) is 0 Å². The van der Waals surface area contributed by atoms with E-state index in [0.717, 1.165) is 11.3 Å². The van der Waals surface area contributed by atoms with E-state index in [2.05, 4.69) is 5.92 Å². The molecule has 2 heteroatoms. The normalized spacial score (nSPS) is 13.0. The molecule has 0 saturated carbocycles. The van der Waals surface area contributed by atoms with Gasteiger partial charge in [0.2, 0.25) is 0 Å². The lowest BCUT2D eigenvalue weighted by Crippen LogP contribution is -2.18. The van der Waals surface area contributed by atoms with E-state index in [1.807, 2.05) is 61.5 Å². The zero-order chi connectivity index (χ0) is 15.2. The monoisotopic (exact) mass is 278 g/mol. The Balaban J connectivity index is 2.24. The Bertz CT molecular complexity index is 636. The first kappa shape index (κ1) is 14.9. The Hall–Kier alpha value is -2.53. The van der Waals surface area contributed by atoms with Crippen LogP contribution in [-0.2, 0) is 0 Å². The molecule has 0 aliphatic heterocycles. The molecule has 2 aromatic carbocycles. The van der Waals surface area contributed by atoms with E-state index < -0.39 is 0 Å². The summed E-state index contributed by atoms with van der Waals surface area (Å²) in [7, 11) is 1.62. The highest BCUT2D eigenvalue weighted by atomic mass is 16.5. The largest absolute Gasteiger partial charge is 0.497 e. The first-order valence-electron chi connectivity index (χ1n) is 6.86. The fraction of sp³-hybridized carbons (Fsp3) is 0.211. The number of benzene rings is 2. The number of hydrogen-bond acceptors (Lipinski definition) is 2. The van der Waals surface area contributed by atoms with Crippen LogP contribution in [0.25, 0.3) is 0 Å². The molecule has 0 saturated heterocycles. The number of carbonyl (C=O) groups excluding carboxylic acids is 1. The molecule has 2 rings (SSSR count). The lowest BCUT2D eigenvalue weighted by atomic mass is 9.83. The van der Waals surface area contributed by atoms with Crippen molar-refractivity contribution in [3.8, 4) is 18.1 Å². The van der Waals surface area contributed by atoms with Crippen molar-refractivity contribution < 1.29 is 9.53 Å². The number of methoxy groups -OCH3 is 1. The number of Topliss-reactive ketones (excluding diaryl/α,β-unsaturated/α-hetero) is 1. The SMILES string of the molecule is C#C[C@H](c1ccc(OC)cc1)[C@H](C)C(=O)c1ccccc1. The van der Waals surface area contributed by atoms with Crippen LogP contribution in [0, 0.1) is 18.3 Å². The molecule has 0 bridgehead atoms. The highest BCUT2D eigenvalue weighted by Crippen LogP contribution is 2.28. The van der Waals surface area contributed by atoms with Crippen molar-refractivity contribution in [1.82, 2.24) is 0 Å². The molecular weight excluding hydrogens is 260 g/mol. The summed E-state index contributed by atoms with van der Waals surface area (Å²) in [6, 6.07) is 16.8. The fourth-order valence-corrected chi connectivity index (χ4v) is 2.36. The third kappa shape index (κ3) is 3.32. The van der Waals surface area contributed by atoms with Crippen molar-refractivity contribution in [2.24, 2.45) is 5.92 Å². The summed E-state index contributed by atoms with van der Waals surface area (Å²) in [5.74, 6) is 3.06. The predicted molar refractivity (Wildman–Crippen MR) is 84.5 cm³/mol. The molecule has 0 N–H and O–H groups in total. The smallest absolute Gasteiger partial charge is 0.167 e. The maximum atomic E-state index is 12.5. The van der Waals surface area contributed by atoms with Crippen LogP contribution in [0.2, 0.25) is 0 Å². The second-order valence-corrected chi connectivity index (χ2v) is 4.94. The van der Waals surface area contributed by atoms with Crippen LogP contribution in [0.4, 0.5) is 0 Å². The van der Waals surface area contributed by atoms with E-state index >= 15 is 0 Å². The molecule has 21 heavy (non-hydrogen) atoms. The Labute approximate surface area is 125 Å². The number of terminal acetylenes is 1. The van der Waals surface area contributed by atoms with Crippen molar-refractivity contribution >= 4 is 5.78 Å². The van der Waals surface area contributed by atoms with E-state index in [1.165, 1.54) is 0 Å². The van der Waals surface area contributed by atoms with E-state index in [-0.39, 0.29) is 17.6 Å². The van der Waals surface area contributed by atoms with E-state index in [9.17, 15) is 4.79 Å². The first-order valence-corrected chi connectivity index (χ1v) is 6.86. The number of ketones is 1. The summed E-state index contributed by atoms with van der Waals surface area (Å²) in [6.45, 7) is 1.88. The summed E-state index contributed by atoms with van der Waals surface area (Å²) in [6.07, 6.45) is 5.66. The molecule has 0 aromatic heterocycles. The van der Waals surface area contributed by atoms with Gasteiger partial charge in [0.15, 0.2) is 5.78 Å². The van der Waals surface area contributed by atoms with Crippen LogP contribution >= 0.6 is 0 Å². The van der Waals surface area contributed by atoms with E-state index in [0.29, 0.717) is 5.56 Å². The van der Waals surface area contributed by atoms with Crippen LogP contribution in [0.3, 0.4) is 0 Å². The number of rotatable bonds is 5. The molecule has 106 valence electrons. The van der Waals surface area contributed by atoms with Crippen LogP contribution in [0.15, 0.2) is 54.6 Å². The van der Waals surface area contributed by atoms with Gasteiger partial charge in [0, 0.05) is 11.5 Å². The summed E-state index contributed by atoms with van der Waals surface area (Å²) >= 11 is 0.